The van der Waals surface area contributed by atoms with Gasteiger partial charge in [-0.3, -0.25) is 0 Å². The van der Waals surface area contributed by atoms with Crippen molar-refractivity contribution in [3.63, 3.8) is 0 Å². The summed E-state index contributed by atoms with van der Waals surface area (Å²) in [6.07, 6.45) is 0. The molecule has 0 aliphatic rings. The zero-order chi connectivity index (χ0) is 10.9. The minimum absolute atomic E-state index is 0.156. The molecule has 0 aliphatic heterocycles. The van der Waals surface area contributed by atoms with Gasteiger partial charge in [-0.1, -0.05) is 20.8 Å². The first kappa shape index (κ1) is 14.7. The van der Waals surface area contributed by atoms with Crippen molar-refractivity contribution in [1.82, 2.24) is 0 Å². The Morgan fingerprint density at radius 2 is 0.923 bits per heavy atom. The van der Waals surface area contributed by atoms with Crippen LogP contribution in [0.15, 0.2) is 0 Å². The second kappa shape index (κ2) is 7.84. The van der Waals surface area contributed by atoms with Crippen LogP contribution in [0.1, 0.15) is 20.8 Å². The van der Waals surface area contributed by atoms with Crippen molar-refractivity contribution in [2.45, 2.75) is 20.8 Å². The Labute approximate surface area is 80.0 Å². The van der Waals surface area contributed by atoms with Crippen LogP contribution in [0.3, 0.4) is 0 Å². The molecule has 0 spiro atoms. The summed E-state index contributed by atoms with van der Waals surface area (Å²) < 4.78 is 0. The van der Waals surface area contributed by atoms with E-state index in [1.54, 1.807) is 0 Å². The third kappa shape index (κ3) is 7.57. The first-order valence-electron chi connectivity index (χ1n) is 3.62. The van der Waals surface area contributed by atoms with Gasteiger partial charge < -0.3 is 0 Å². The molecular formula is C8H14CrO4. The average molecular weight is 226 g/mol. The Kier molecular flexibility index (Phi) is 8.88. The maximum absolute atomic E-state index is 9.90. The predicted molar refractivity (Wildman–Crippen MR) is 47.5 cm³/mol. The van der Waals surface area contributed by atoms with Gasteiger partial charge >= 0.3 is 52.8 Å². The molecule has 0 fully saturated rings. The van der Waals surface area contributed by atoms with E-state index in [-0.39, 0.29) is 20.6 Å². The zero-order valence-corrected chi connectivity index (χ0v) is 9.20. The molecule has 0 rings (SSSR count). The van der Waals surface area contributed by atoms with Gasteiger partial charge in [0.15, 0.2) is 0 Å². The van der Waals surface area contributed by atoms with Crippen molar-refractivity contribution in [3.05, 3.63) is 0 Å². The molecule has 0 saturated carbocycles. The van der Waals surface area contributed by atoms with Crippen LogP contribution in [-0.4, -0.2) is 20.6 Å². The molecule has 76 valence electrons. The van der Waals surface area contributed by atoms with E-state index in [2.05, 4.69) is 20.8 Å². The van der Waals surface area contributed by atoms with Crippen molar-refractivity contribution in [2.24, 2.45) is 5.92 Å². The van der Waals surface area contributed by atoms with Crippen LogP contribution in [0.25, 0.3) is 0 Å². The average Bonchev–Trinajstić information content (AvgIpc) is 2.09. The van der Waals surface area contributed by atoms with E-state index in [0.29, 0.717) is 0 Å². The molecule has 0 unspecified atom stereocenters. The fraction of sp³-hybridized carbons (Fsp3) is 0.500. The fourth-order valence-electron chi connectivity index (χ4n) is 0.136. The summed E-state index contributed by atoms with van der Waals surface area (Å²) >= 11 is -3.58. The number of hydrogen-bond acceptors (Lipinski definition) is 4. The van der Waals surface area contributed by atoms with Gasteiger partial charge in [-0.2, -0.15) is 0 Å². The molecule has 0 saturated heterocycles. The first-order valence-corrected chi connectivity index (χ1v) is 6.56. The van der Waals surface area contributed by atoms with Gasteiger partial charge in [0.2, 0.25) is 0 Å². The molecule has 0 N–H and O–H groups in total. The molecule has 0 aromatic rings. The monoisotopic (exact) mass is 226 g/mol. The summed E-state index contributed by atoms with van der Waals surface area (Å²) in [7, 11) is 0. The van der Waals surface area contributed by atoms with E-state index in [4.69, 9.17) is 0 Å². The Balaban J connectivity index is 0. The van der Waals surface area contributed by atoms with E-state index in [0.717, 1.165) is 5.92 Å². The number of rotatable bonds is 4. The quantitative estimate of drug-likeness (QED) is 0.657. The summed E-state index contributed by atoms with van der Waals surface area (Å²) in [6, 6.07) is 0. The van der Waals surface area contributed by atoms with Crippen molar-refractivity contribution >= 4 is 20.6 Å². The third-order valence-electron chi connectivity index (χ3n) is 0.667. The maximum atomic E-state index is 9.90. The van der Waals surface area contributed by atoms with E-state index < -0.39 is 13.1 Å². The Bertz CT molecular complexity index is 148. The molecule has 0 atom stereocenters. The van der Waals surface area contributed by atoms with Crippen LogP contribution in [0, 0.1) is 5.92 Å². The standard InChI is InChI=1S/C4H10.4CHO.Cr/c1-4(2)3;4*1-2;/h4H,1-3H3;4*1H;. The predicted octanol–water partition coefficient (Wildman–Crippen LogP) is 0.563. The number of carbonyl (C=O) groups excluding carboxylic acids is 4. The molecule has 0 amide bonds. The molecule has 0 radical (unpaired) electrons. The molecule has 0 aromatic heterocycles. The summed E-state index contributed by atoms with van der Waals surface area (Å²) in [5.41, 5.74) is 0. The molecule has 5 heteroatoms. The summed E-state index contributed by atoms with van der Waals surface area (Å²) in [6.45, 7) is 6.50. The Morgan fingerprint density at radius 3 is 0.923 bits per heavy atom. The van der Waals surface area contributed by atoms with Gasteiger partial charge in [0.25, 0.3) is 0 Å². The normalized spacial score (nSPS) is 10.8. The van der Waals surface area contributed by atoms with Crippen molar-refractivity contribution in [3.8, 4) is 0 Å². The molecule has 0 heterocycles. The van der Waals surface area contributed by atoms with Gasteiger partial charge in [0.1, 0.15) is 0 Å². The minimum atomic E-state index is -3.58. The summed E-state index contributed by atoms with van der Waals surface area (Å²) in [5.74, 6) is 0.833. The molecule has 4 nitrogen and oxygen atoms in total. The van der Waals surface area contributed by atoms with Crippen LogP contribution < -0.4 is 0 Å². The molecule has 0 aromatic carbocycles. The fourth-order valence-corrected chi connectivity index (χ4v) is 0.561. The van der Waals surface area contributed by atoms with Gasteiger partial charge in [-0.15, -0.1) is 0 Å². The number of carbonyl (C=O) groups is 4. The molecule has 0 bridgehead atoms. The van der Waals surface area contributed by atoms with Crippen molar-refractivity contribution in [2.75, 3.05) is 0 Å². The van der Waals surface area contributed by atoms with Gasteiger partial charge in [0.05, 0.1) is 0 Å². The molecule has 13 heavy (non-hydrogen) atoms. The SMILES string of the molecule is CC(C)C.O=[CH][Cr]([CH]=O)([CH]=O)[CH]=O. The van der Waals surface area contributed by atoms with Gasteiger partial charge in [0, 0.05) is 0 Å². The van der Waals surface area contributed by atoms with Gasteiger partial charge in [-0.25, -0.2) is 0 Å². The molecule has 0 aliphatic carbocycles. The first-order chi connectivity index (χ1) is 5.97. The summed E-state index contributed by atoms with van der Waals surface area (Å²) in [5, 5.41) is 0.625. The second-order valence-electron chi connectivity index (χ2n) is 2.93. The van der Waals surface area contributed by atoms with Gasteiger partial charge in [-0.05, 0) is 5.92 Å². The van der Waals surface area contributed by atoms with Crippen LogP contribution in [0.2, 0.25) is 0 Å². The molecular weight excluding hydrogens is 212 g/mol. The van der Waals surface area contributed by atoms with E-state index >= 15 is 0 Å². The van der Waals surface area contributed by atoms with E-state index in [9.17, 15) is 19.2 Å². The third-order valence-corrected chi connectivity index (χ3v) is 2.75. The number of hydrogen-bond donors (Lipinski definition) is 0. The van der Waals surface area contributed by atoms with E-state index in [1.165, 1.54) is 0 Å². The van der Waals surface area contributed by atoms with Crippen LogP contribution in [0.4, 0.5) is 0 Å². The van der Waals surface area contributed by atoms with Crippen LogP contribution in [0.5, 0.6) is 0 Å². The Morgan fingerprint density at radius 1 is 0.769 bits per heavy atom. The van der Waals surface area contributed by atoms with Crippen molar-refractivity contribution in [1.29, 1.82) is 0 Å². The second-order valence-corrected chi connectivity index (χ2v) is 6.69. The summed E-state index contributed by atoms with van der Waals surface area (Å²) in [4.78, 5) is 39.6. The van der Waals surface area contributed by atoms with E-state index in [1.807, 2.05) is 0 Å². The zero-order valence-electron chi connectivity index (χ0n) is 7.93. The van der Waals surface area contributed by atoms with Crippen LogP contribution in [-0.2, 0) is 32.3 Å². The van der Waals surface area contributed by atoms with Crippen molar-refractivity contribution < 1.29 is 32.3 Å². The topological polar surface area (TPSA) is 68.3 Å². The Hall–Kier alpha value is -0.788. The van der Waals surface area contributed by atoms with Crippen LogP contribution >= 0.6 is 0 Å².